The van der Waals surface area contributed by atoms with E-state index in [4.69, 9.17) is 14.8 Å². The number of ether oxygens (including phenoxy) is 1. The summed E-state index contributed by atoms with van der Waals surface area (Å²) in [6.07, 6.45) is 8.55. The van der Waals surface area contributed by atoms with Crippen LogP contribution in [0.4, 0.5) is 0 Å². The lowest BCUT2D eigenvalue weighted by Crippen LogP contribution is -2.51. The van der Waals surface area contributed by atoms with Crippen molar-refractivity contribution in [2.45, 2.75) is 58.2 Å². The van der Waals surface area contributed by atoms with Crippen LogP contribution in [0, 0.1) is 5.92 Å². The summed E-state index contributed by atoms with van der Waals surface area (Å²) >= 11 is 0. The molecule has 3 aliphatic rings. The maximum Gasteiger partial charge on any atom is 0.238 e. The van der Waals surface area contributed by atoms with Crippen LogP contribution in [0.2, 0.25) is 0 Å². The number of hydrazone groups is 1. The number of hydrogen-bond acceptors (Lipinski definition) is 6. The second kappa shape index (κ2) is 7.05. The molecule has 1 aliphatic carbocycles. The molecule has 0 aromatic carbocycles. The third-order valence-corrected chi connectivity index (χ3v) is 5.36. The number of hydrogen-bond donors (Lipinski definition) is 1. The molecule has 1 saturated carbocycles. The molecule has 26 heavy (non-hydrogen) atoms. The molecular weight excluding hydrogens is 330 g/mol. The maximum absolute atomic E-state index is 12.9. The predicted molar refractivity (Wildman–Crippen MR) is 99.2 cm³/mol. The van der Waals surface area contributed by atoms with Gasteiger partial charge in [0.2, 0.25) is 5.91 Å². The molecule has 2 unspecified atom stereocenters. The smallest absolute Gasteiger partial charge is 0.238 e. The van der Waals surface area contributed by atoms with Gasteiger partial charge in [0.1, 0.15) is 17.5 Å². The SMILES string of the molecule is CCOc1cnccc1C1=NC2C(C(=O)N1)C(CC)=NN2C1CCCC1. The van der Waals surface area contributed by atoms with Gasteiger partial charge < -0.3 is 10.1 Å². The first-order valence-electron chi connectivity index (χ1n) is 9.54. The fourth-order valence-electron chi connectivity index (χ4n) is 4.11. The number of fused-ring (bicyclic) bond motifs is 1. The van der Waals surface area contributed by atoms with E-state index < -0.39 is 0 Å². The Morgan fingerprint density at radius 3 is 2.85 bits per heavy atom. The van der Waals surface area contributed by atoms with Gasteiger partial charge in [0.25, 0.3) is 0 Å². The summed E-state index contributed by atoms with van der Waals surface area (Å²) in [6, 6.07) is 2.21. The highest BCUT2D eigenvalue weighted by Gasteiger charge is 2.47. The van der Waals surface area contributed by atoms with E-state index >= 15 is 0 Å². The summed E-state index contributed by atoms with van der Waals surface area (Å²) in [5.74, 6) is 0.870. The zero-order valence-electron chi connectivity index (χ0n) is 15.3. The van der Waals surface area contributed by atoms with E-state index in [2.05, 4.69) is 22.2 Å². The van der Waals surface area contributed by atoms with Crippen molar-refractivity contribution in [3.8, 4) is 5.75 Å². The van der Waals surface area contributed by atoms with Gasteiger partial charge >= 0.3 is 0 Å². The van der Waals surface area contributed by atoms with Crippen LogP contribution in [0.3, 0.4) is 0 Å². The van der Waals surface area contributed by atoms with Crippen LogP contribution >= 0.6 is 0 Å². The number of pyridine rings is 1. The minimum Gasteiger partial charge on any atom is -0.491 e. The molecule has 4 rings (SSSR count). The standard InChI is InChI=1S/C19H25N5O2/c1-3-14-16-18(24(23-14)12-7-5-6-8-12)21-17(22-19(16)25)13-9-10-20-11-15(13)26-4-2/h9-12,16,18H,3-8H2,1-2H3,(H,21,22,25). The Morgan fingerprint density at radius 1 is 1.31 bits per heavy atom. The topological polar surface area (TPSA) is 79.2 Å². The first-order chi connectivity index (χ1) is 12.7. The van der Waals surface area contributed by atoms with Crippen molar-refractivity contribution < 1.29 is 9.53 Å². The van der Waals surface area contributed by atoms with Crippen molar-refractivity contribution in [2.24, 2.45) is 16.0 Å². The third kappa shape index (κ3) is 2.85. The van der Waals surface area contributed by atoms with Crippen molar-refractivity contribution in [2.75, 3.05) is 6.61 Å². The van der Waals surface area contributed by atoms with Crippen LogP contribution in [0.5, 0.6) is 5.75 Å². The molecular formula is C19H25N5O2. The molecule has 2 atom stereocenters. The van der Waals surface area contributed by atoms with Gasteiger partial charge in [0.15, 0.2) is 6.17 Å². The maximum atomic E-state index is 12.9. The number of aromatic nitrogens is 1. The lowest BCUT2D eigenvalue weighted by molar-refractivity contribution is -0.123. The Hall–Kier alpha value is -2.44. The van der Waals surface area contributed by atoms with Crippen molar-refractivity contribution >= 4 is 17.5 Å². The highest BCUT2D eigenvalue weighted by Crippen LogP contribution is 2.35. The quantitative estimate of drug-likeness (QED) is 0.879. The van der Waals surface area contributed by atoms with Gasteiger partial charge in [-0.2, -0.15) is 5.10 Å². The van der Waals surface area contributed by atoms with Crippen LogP contribution in [0.1, 0.15) is 51.5 Å². The van der Waals surface area contributed by atoms with Gasteiger partial charge in [-0.3, -0.25) is 14.8 Å². The molecule has 1 amide bonds. The van der Waals surface area contributed by atoms with Gasteiger partial charge in [0.05, 0.1) is 24.1 Å². The number of carbonyl (C=O) groups is 1. The number of amidine groups is 1. The Bertz CT molecular complexity index is 754. The first kappa shape index (κ1) is 17.0. The molecule has 0 spiro atoms. The van der Waals surface area contributed by atoms with Crippen LogP contribution in [-0.4, -0.2) is 46.3 Å². The zero-order valence-corrected chi connectivity index (χ0v) is 15.3. The molecule has 1 aromatic heterocycles. The molecule has 0 saturated heterocycles. The van der Waals surface area contributed by atoms with E-state index in [0.717, 1.165) is 30.5 Å². The lowest BCUT2D eigenvalue weighted by atomic mass is 9.95. The van der Waals surface area contributed by atoms with E-state index in [1.54, 1.807) is 12.4 Å². The summed E-state index contributed by atoms with van der Waals surface area (Å²) in [4.78, 5) is 21.9. The molecule has 1 aromatic rings. The minimum atomic E-state index is -0.290. The Balaban J connectivity index is 1.71. The van der Waals surface area contributed by atoms with Crippen LogP contribution in [0.15, 0.2) is 28.6 Å². The van der Waals surface area contributed by atoms with Crippen LogP contribution < -0.4 is 10.1 Å². The van der Waals surface area contributed by atoms with Gasteiger partial charge in [-0.05, 0) is 32.3 Å². The molecule has 2 aliphatic heterocycles. The predicted octanol–water partition coefficient (Wildman–Crippen LogP) is 2.32. The third-order valence-electron chi connectivity index (χ3n) is 5.36. The second-order valence-corrected chi connectivity index (χ2v) is 6.93. The zero-order chi connectivity index (χ0) is 18.1. The molecule has 1 N–H and O–H groups in total. The van der Waals surface area contributed by atoms with Crippen molar-refractivity contribution in [1.82, 2.24) is 15.3 Å². The number of carbonyl (C=O) groups excluding carboxylic acids is 1. The van der Waals surface area contributed by atoms with Gasteiger partial charge in [-0.15, -0.1) is 0 Å². The Kier molecular flexibility index (Phi) is 4.61. The van der Waals surface area contributed by atoms with E-state index in [9.17, 15) is 4.79 Å². The van der Waals surface area contributed by atoms with E-state index in [1.165, 1.54) is 12.8 Å². The largest absolute Gasteiger partial charge is 0.491 e. The molecule has 3 heterocycles. The minimum absolute atomic E-state index is 0.0274. The van der Waals surface area contributed by atoms with Gasteiger partial charge in [-0.1, -0.05) is 19.8 Å². The van der Waals surface area contributed by atoms with Gasteiger partial charge in [-0.25, -0.2) is 4.99 Å². The van der Waals surface area contributed by atoms with Crippen molar-refractivity contribution in [3.05, 3.63) is 24.0 Å². The summed E-state index contributed by atoms with van der Waals surface area (Å²) in [7, 11) is 0. The molecule has 0 radical (unpaired) electrons. The summed E-state index contributed by atoms with van der Waals surface area (Å²) < 4.78 is 5.67. The molecule has 138 valence electrons. The fourth-order valence-corrected chi connectivity index (χ4v) is 4.11. The van der Waals surface area contributed by atoms with Crippen LogP contribution in [-0.2, 0) is 4.79 Å². The van der Waals surface area contributed by atoms with Crippen LogP contribution in [0.25, 0.3) is 0 Å². The molecule has 7 heteroatoms. The van der Waals surface area contributed by atoms with Crippen molar-refractivity contribution in [3.63, 3.8) is 0 Å². The number of rotatable bonds is 5. The second-order valence-electron chi connectivity index (χ2n) is 6.93. The summed E-state index contributed by atoms with van der Waals surface area (Å²) in [5, 5.41) is 9.88. The van der Waals surface area contributed by atoms with Gasteiger partial charge in [0, 0.05) is 12.2 Å². The van der Waals surface area contributed by atoms with Crippen molar-refractivity contribution in [1.29, 1.82) is 0 Å². The number of nitrogens with zero attached hydrogens (tertiary/aromatic N) is 4. The number of aliphatic imine (C=N–C) groups is 1. The average molecular weight is 355 g/mol. The highest BCUT2D eigenvalue weighted by molar-refractivity contribution is 6.17. The monoisotopic (exact) mass is 355 g/mol. The Morgan fingerprint density at radius 2 is 2.12 bits per heavy atom. The molecule has 0 bridgehead atoms. The normalized spacial score (nSPS) is 25.6. The fraction of sp³-hybridized carbons (Fsp3) is 0.579. The Labute approximate surface area is 153 Å². The van der Waals surface area contributed by atoms with E-state index in [-0.39, 0.29) is 18.0 Å². The lowest BCUT2D eigenvalue weighted by Gasteiger charge is -2.32. The first-order valence-corrected chi connectivity index (χ1v) is 9.54. The van der Waals surface area contributed by atoms with E-state index in [1.807, 2.05) is 13.0 Å². The summed E-state index contributed by atoms with van der Waals surface area (Å²) in [5.41, 5.74) is 1.70. The molecule has 7 nitrogen and oxygen atoms in total. The molecule has 1 fully saturated rings. The number of amides is 1. The highest BCUT2D eigenvalue weighted by atomic mass is 16.5. The van der Waals surface area contributed by atoms with E-state index in [0.29, 0.717) is 24.2 Å². The summed E-state index contributed by atoms with van der Waals surface area (Å²) in [6.45, 7) is 4.51. The number of nitrogens with one attached hydrogen (secondary N) is 1. The average Bonchev–Trinajstić information content (AvgIpc) is 3.30.